The van der Waals surface area contributed by atoms with Crippen LogP contribution in [0.1, 0.15) is 43.2 Å². The molecule has 0 amide bonds. The summed E-state index contributed by atoms with van der Waals surface area (Å²) in [6.45, 7) is 3.23. The maximum Gasteiger partial charge on any atom is 0.305 e. The maximum absolute atomic E-state index is 11.7. The van der Waals surface area contributed by atoms with Gasteiger partial charge in [-0.25, -0.2) is 0 Å². The Morgan fingerprint density at radius 2 is 1.97 bits per heavy atom. The van der Waals surface area contributed by atoms with Crippen LogP contribution in [0, 0.1) is 0 Å². The highest BCUT2D eigenvalue weighted by molar-refractivity contribution is 7.80. The van der Waals surface area contributed by atoms with Crippen LogP contribution in [0.15, 0.2) is 67.0 Å². The molecule has 7 nitrogen and oxygen atoms in total. The smallest absolute Gasteiger partial charge is 0.305 e. The molecule has 4 rings (SSSR count). The predicted molar refractivity (Wildman–Crippen MR) is 130 cm³/mol. The maximum atomic E-state index is 11.7. The third kappa shape index (κ3) is 5.01. The molecule has 3 heterocycles. The minimum Gasteiger partial charge on any atom is -0.494 e. The Labute approximate surface area is 199 Å². The number of hydrogen-bond acceptors (Lipinski definition) is 5. The molecule has 2 atom stereocenters. The third-order valence-electron chi connectivity index (χ3n) is 5.71. The summed E-state index contributed by atoms with van der Waals surface area (Å²) in [5, 5.41) is 4.11. The molecule has 0 spiro atoms. The average molecular weight is 465 g/mol. The topological polar surface area (TPSA) is 68.6 Å². The number of aromatic nitrogens is 2. The molecule has 3 aromatic rings. The summed E-state index contributed by atoms with van der Waals surface area (Å²) in [5.74, 6) is 0.623. The highest BCUT2D eigenvalue weighted by atomic mass is 32.1. The van der Waals surface area contributed by atoms with Crippen molar-refractivity contribution in [1.82, 2.24) is 19.8 Å². The van der Waals surface area contributed by atoms with Gasteiger partial charge in [-0.15, -0.1) is 0 Å². The Morgan fingerprint density at radius 1 is 1.15 bits per heavy atom. The molecule has 0 unspecified atom stereocenters. The van der Waals surface area contributed by atoms with E-state index in [1.807, 2.05) is 55.5 Å². The molecule has 1 aromatic carbocycles. The van der Waals surface area contributed by atoms with Crippen LogP contribution in [0.5, 0.6) is 5.75 Å². The number of ether oxygens (including phenoxy) is 2. The number of pyridine rings is 1. The molecule has 0 aliphatic carbocycles. The molecule has 1 fully saturated rings. The molecule has 2 aromatic heterocycles. The van der Waals surface area contributed by atoms with Crippen molar-refractivity contribution in [3.63, 3.8) is 0 Å². The minimum atomic E-state index is -0.219. The van der Waals surface area contributed by atoms with Crippen LogP contribution < -0.4 is 10.1 Å². The first-order valence-electron chi connectivity index (χ1n) is 11.1. The highest BCUT2D eigenvalue weighted by Crippen LogP contribution is 2.39. The van der Waals surface area contributed by atoms with Gasteiger partial charge in [-0.05, 0) is 74.1 Å². The number of methoxy groups -OCH3 is 1. The zero-order chi connectivity index (χ0) is 23.2. The predicted octanol–water partition coefficient (Wildman–Crippen LogP) is 4.20. The SMILES string of the molecule is CCOc1ccc(-n2cccc2[C@H]2[C@H](c3ccccn3)NC(=S)N2CCCC(=O)OC)cc1. The van der Waals surface area contributed by atoms with E-state index in [2.05, 4.69) is 32.0 Å². The number of carbonyl (C=O) groups excluding carboxylic acids is 1. The quantitative estimate of drug-likeness (QED) is 0.376. The van der Waals surface area contributed by atoms with E-state index in [0.717, 1.165) is 22.8 Å². The van der Waals surface area contributed by atoms with E-state index >= 15 is 0 Å². The van der Waals surface area contributed by atoms with Crippen molar-refractivity contribution in [3.05, 3.63) is 78.4 Å². The molecular formula is C25H28N4O3S. The number of carbonyl (C=O) groups is 1. The molecule has 0 bridgehead atoms. The number of nitrogens with one attached hydrogen (secondary N) is 1. The summed E-state index contributed by atoms with van der Waals surface area (Å²) in [4.78, 5) is 18.4. The summed E-state index contributed by atoms with van der Waals surface area (Å²) in [6.07, 6.45) is 4.83. The van der Waals surface area contributed by atoms with Crippen molar-refractivity contribution in [2.75, 3.05) is 20.3 Å². The normalized spacial score (nSPS) is 17.6. The fraction of sp³-hybridized carbons (Fsp3) is 0.320. The number of benzene rings is 1. The molecule has 1 N–H and O–H groups in total. The van der Waals surface area contributed by atoms with Crippen LogP contribution in [0.4, 0.5) is 0 Å². The van der Waals surface area contributed by atoms with E-state index in [9.17, 15) is 4.79 Å². The van der Waals surface area contributed by atoms with Gasteiger partial charge in [0.1, 0.15) is 5.75 Å². The molecule has 0 radical (unpaired) electrons. The van der Waals surface area contributed by atoms with Crippen molar-refractivity contribution in [3.8, 4) is 11.4 Å². The van der Waals surface area contributed by atoms with Gasteiger partial charge >= 0.3 is 5.97 Å². The number of rotatable bonds is 9. The van der Waals surface area contributed by atoms with Crippen molar-refractivity contribution >= 4 is 23.3 Å². The number of hydrogen-bond donors (Lipinski definition) is 1. The lowest BCUT2D eigenvalue weighted by molar-refractivity contribution is -0.140. The van der Waals surface area contributed by atoms with Crippen LogP contribution in [-0.4, -0.2) is 45.8 Å². The first-order valence-corrected chi connectivity index (χ1v) is 11.5. The Bertz CT molecular complexity index is 1080. The minimum absolute atomic E-state index is 0.0911. The lowest BCUT2D eigenvalue weighted by Gasteiger charge is -2.29. The van der Waals surface area contributed by atoms with E-state index in [1.54, 1.807) is 6.20 Å². The van der Waals surface area contributed by atoms with E-state index in [0.29, 0.717) is 31.1 Å². The van der Waals surface area contributed by atoms with Gasteiger partial charge in [-0.3, -0.25) is 9.78 Å². The number of thiocarbonyl (C=S) groups is 1. The van der Waals surface area contributed by atoms with Gasteiger partial charge in [-0.2, -0.15) is 0 Å². The van der Waals surface area contributed by atoms with E-state index in [-0.39, 0.29) is 18.1 Å². The van der Waals surface area contributed by atoms with E-state index < -0.39 is 0 Å². The van der Waals surface area contributed by atoms with Gasteiger partial charge in [0.25, 0.3) is 0 Å². The molecule has 33 heavy (non-hydrogen) atoms. The second-order valence-corrected chi connectivity index (χ2v) is 8.12. The van der Waals surface area contributed by atoms with Gasteiger partial charge in [0.15, 0.2) is 5.11 Å². The molecule has 1 saturated heterocycles. The number of nitrogens with zero attached hydrogens (tertiary/aromatic N) is 3. The molecule has 172 valence electrons. The fourth-order valence-electron chi connectivity index (χ4n) is 4.20. The van der Waals surface area contributed by atoms with Crippen LogP contribution in [-0.2, 0) is 9.53 Å². The Hall–Kier alpha value is -3.39. The standard InChI is InChI=1S/C25H28N4O3S/c1-3-32-19-13-11-18(12-14-19)28-16-6-9-21(28)24-23(20-8-4-5-15-26-20)27-25(33)29(24)17-7-10-22(30)31-2/h4-6,8-9,11-16,23-24H,3,7,10,17H2,1-2H3,(H,27,33)/t23-,24-/m0/s1. The summed E-state index contributed by atoms with van der Waals surface area (Å²) in [7, 11) is 1.41. The summed E-state index contributed by atoms with van der Waals surface area (Å²) in [5.41, 5.74) is 3.03. The molecule has 1 aliphatic heterocycles. The van der Waals surface area contributed by atoms with E-state index in [4.69, 9.17) is 21.7 Å². The fourth-order valence-corrected chi connectivity index (χ4v) is 4.54. The van der Waals surface area contributed by atoms with Gasteiger partial charge in [-0.1, -0.05) is 6.07 Å². The van der Waals surface area contributed by atoms with Crippen LogP contribution in [0.2, 0.25) is 0 Å². The van der Waals surface area contributed by atoms with Gasteiger partial charge in [0.2, 0.25) is 0 Å². The Balaban J connectivity index is 1.68. The third-order valence-corrected chi connectivity index (χ3v) is 6.07. The van der Waals surface area contributed by atoms with Crippen molar-refractivity contribution in [2.24, 2.45) is 0 Å². The zero-order valence-corrected chi connectivity index (χ0v) is 19.6. The summed E-state index contributed by atoms with van der Waals surface area (Å²) >= 11 is 5.73. The van der Waals surface area contributed by atoms with Crippen molar-refractivity contribution in [1.29, 1.82) is 0 Å². The average Bonchev–Trinajstić information content (AvgIpc) is 3.45. The zero-order valence-electron chi connectivity index (χ0n) is 18.8. The second-order valence-electron chi connectivity index (χ2n) is 7.73. The first kappa shape index (κ1) is 22.8. The molecule has 8 heteroatoms. The molecular weight excluding hydrogens is 436 g/mol. The monoisotopic (exact) mass is 464 g/mol. The lowest BCUT2D eigenvalue weighted by Crippen LogP contribution is -2.31. The lowest BCUT2D eigenvalue weighted by atomic mass is 10.0. The first-order chi connectivity index (χ1) is 16.1. The van der Waals surface area contributed by atoms with Gasteiger partial charge < -0.3 is 24.3 Å². The van der Waals surface area contributed by atoms with Gasteiger partial charge in [0.05, 0.1) is 31.5 Å². The summed E-state index contributed by atoms with van der Waals surface area (Å²) < 4.78 is 12.6. The highest BCUT2D eigenvalue weighted by Gasteiger charge is 2.41. The largest absolute Gasteiger partial charge is 0.494 e. The van der Waals surface area contributed by atoms with E-state index in [1.165, 1.54) is 7.11 Å². The van der Waals surface area contributed by atoms with Crippen molar-refractivity contribution < 1.29 is 14.3 Å². The Morgan fingerprint density at radius 3 is 2.67 bits per heavy atom. The van der Waals surface area contributed by atoms with Crippen LogP contribution in [0.3, 0.4) is 0 Å². The van der Waals surface area contributed by atoms with Gasteiger partial charge in [0, 0.05) is 36.7 Å². The number of esters is 1. The summed E-state index contributed by atoms with van der Waals surface area (Å²) in [6, 6.07) is 17.9. The van der Waals surface area contributed by atoms with Crippen molar-refractivity contribution in [2.45, 2.75) is 31.8 Å². The molecule has 1 aliphatic rings. The second kappa shape index (κ2) is 10.5. The van der Waals surface area contributed by atoms with Crippen LogP contribution in [0.25, 0.3) is 5.69 Å². The Kier molecular flexibility index (Phi) is 7.24. The molecule has 0 saturated carbocycles. The van der Waals surface area contributed by atoms with Crippen LogP contribution >= 0.6 is 12.2 Å².